The summed E-state index contributed by atoms with van der Waals surface area (Å²) in [6, 6.07) is 12.7. The van der Waals surface area contributed by atoms with E-state index in [9.17, 15) is 14.0 Å². The van der Waals surface area contributed by atoms with Crippen molar-refractivity contribution in [3.63, 3.8) is 0 Å². The van der Waals surface area contributed by atoms with Gasteiger partial charge in [0.25, 0.3) is 0 Å². The summed E-state index contributed by atoms with van der Waals surface area (Å²) in [6.45, 7) is 3.67. The molecule has 2 rings (SSSR count). The van der Waals surface area contributed by atoms with Crippen molar-refractivity contribution in [1.29, 1.82) is 0 Å². The summed E-state index contributed by atoms with van der Waals surface area (Å²) in [7, 11) is 0. The van der Waals surface area contributed by atoms with E-state index in [2.05, 4.69) is 16.0 Å². The Bertz CT molecular complexity index is 714. The van der Waals surface area contributed by atoms with Crippen LogP contribution in [0.15, 0.2) is 48.5 Å². The van der Waals surface area contributed by atoms with E-state index in [1.54, 1.807) is 36.4 Å². The normalized spacial score (nSPS) is 10.3. The molecule has 0 spiro atoms. The minimum Gasteiger partial charge on any atom is -0.376 e. The SMILES string of the molecule is CC(C)C(=O)Nc1cccc(NC(=O)CNc2ccc(F)cc2)c1. The van der Waals surface area contributed by atoms with Gasteiger partial charge in [0.15, 0.2) is 0 Å². The lowest BCUT2D eigenvalue weighted by molar-refractivity contribution is -0.119. The third-order valence-corrected chi connectivity index (χ3v) is 3.24. The Morgan fingerprint density at radius 2 is 1.58 bits per heavy atom. The van der Waals surface area contributed by atoms with Crippen LogP contribution in [0, 0.1) is 11.7 Å². The second-order valence-electron chi connectivity index (χ2n) is 5.63. The largest absolute Gasteiger partial charge is 0.376 e. The maximum absolute atomic E-state index is 12.8. The second kappa shape index (κ2) is 8.10. The van der Waals surface area contributed by atoms with Crippen molar-refractivity contribution in [2.75, 3.05) is 22.5 Å². The number of hydrogen-bond acceptors (Lipinski definition) is 3. The van der Waals surface area contributed by atoms with Crippen molar-refractivity contribution >= 4 is 28.9 Å². The Morgan fingerprint density at radius 3 is 2.21 bits per heavy atom. The van der Waals surface area contributed by atoms with Crippen LogP contribution in [-0.2, 0) is 9.59 Å². The van der Waals surface area contributed by atoms with Gasteiger partial charge in [0.1, 0.15) is 5.82 Å². The predicted octanol–water partition coefficient (Wildman–Crippen LogP) is 3.47. The van der Waals surface area contributed by atoms with Crippen LogP contribution in [0.25, 0.3) is 0 Å². The zero-order valence-corrected chi connectivity index (χ0v) is 13.6. The van der Waals surface area contributed by atoms with Gasteiger partial charge < -0.3 is 16.0 Å². The highest BCUT2D eigenvalue weighted by atomic mass is 19.1. The molecular formula is C18H20FN3O2. The van der Waals surface area contributed by atoms with E-state index in [1.807, 2.05) is 13.8 Å². The molecule has 0 aliphatic rings. The number of carbonyl (C=O) groups excluding carboxylic acids is 2. The Hall–Kier alpha value is -2.89. The zero-order valence-electron chi connectivity index (χ0n) is 13.6. The van der Waals surface area contributed by atoms with Gasteiger partial charge in [0.2, 0.25) is 11.8 Å². The fourth-order valence-corrected chi connectivity index (χ4v) is 1.92. The van der Waals surface area contributed by atoms with E-state index < -0.39 is 0 Å². The number of benzene rings is 2. The second-order valence-corrected chi connectivity index (χ2v) is 5.63. The Balaban J connectivity index is 1.89. The fourth-order valence-electron chi connectivity index (χ4n) is 1.92. The van der Waals surface area contributed by atoms with Crippen LogP contribution in [-0.4, -0.2) is 18.4 Å². The van der Waals surface area contributed by atoms with Crippen molar-refractivity contribution in [2.24, 2.45) is 5.92 Å². The van der Waals surface area contributed by atoms with Crippen LogP contribution in [0.5, 0.6) is 0 Å². The van der Waals surface area contributed by atoms with Gasteiger partial charge in [-0.25, -0.2) is 4.39 Å². The molecule has 0 heterocycles. The molecule has 0 aliphatic heterocycles. The molecule has 0 saturated carbocycles. The van der Waals surface area contributed by atoms with Gasteiger partial charge in [-0.1, -0.05) is 19.9 Å². The summed E-state index contributed by atoms with van der Waals surface area (Å²) in [5.74, 6) is -0.781. The monoisotopic (exact) mass is 329 g/mol. The molecular weight excluding hydrogens is 309 g/mol. The first-order valence-corrected chi connectivity index (χ1v) is 7.64. The first kappa shape index (κ1) is 17.5. The molecule has 0 aliphatic carbocycles. The van der Waals surface area contributed by atoms with E-state index in [1.165, 1.54) is 12.1 Å². The highest BCUT2D eigenvalue weighted by molar-refractivity contribution is 5.96. The quantitative estimate of drug-likeness (QED) is 0.760. The highest BCUT2D eigenvalue weighted by Crippen LogP contribution is 2.16. The number of halogens is 1. The van der Waals surface area contributed by atoms with Gasteiger partial charge in [-0.05, 0) is 42.5 Å². The average Bonchev–Trinajstić information content (AvgIpc) is 2.54. The molecule has 0 saturated heterocycles. The molecule has 24 heavy (non-hydrogen) atoms. The molecule has 5 nitrogen and oxygen atoms in total. The fraction of sp³-hybridized carbons (Fsp3) is 0.222. The van der Waals surface area contributed by atoms with Gasteiger partial charge in [-0.3, -0.25) is 9.59 Å². The molecule has 2 amide bonds. The summed E-state index contributed by atoms with van der Waals surface area (Å²) in [5.41, 5.74) is 1.87. The standard InChI is InChI=1S/C18H20FN3O2/c1-12(2)18(24)22-16-5-3-4-15(10-16)21-17(23)11-20-14-8-6-13(19)7-9-14/h3-10,12,20H,11H2,1-2H3,(H,21,23)(H,22,24). The number of anilines is 3. The molecule has 3 N–H and O–H groups in total. The van der Waals surface area contributed by atoms with Crippen molar-refractivity contribution < 1.29 is 14.0 Å². The molecule has 0 fully saturated rings. The van der Waals surface area contributed by atoms with Crippen LogP contribution >= 0.6 is 0 Å². The average molecular weight is 329 g/mol. The molecule has 6 heteroatoms. The molecule has 0 bridgehead atoms. The van der Waals surface area contributed by atoms with Gasteiger partial charge in [-0.2, -0.15) is 0 Å². The van der Waals surface area contributed by atoms with Crippen LogP contribution < -0.4 is 16.0 Å². The predicted molar refractivity (Wildman–Crippen MR) is 93.4 cm³/mol. The van der Waals surface area contributed by atoms with E-state index in [0.29, 0.717) is 17.1 Å². The van der Waals surface area contributed by atoms with Crippen molar-refractivity contribution in [1.82, 2.24) is 0 Å². The van der Waals surface area contributed by atoms with Crippen molar-refractivity contribution in [3.8, 4) is 0 Å². The molecule has 0 unspecified atom stereocenters. The minimum absolute atomic E-state index is 0.0498. The van der Waals surface area contributed by atoms with Gasteiger partial charge in [0, 0.05) is 23.0 Å². The van der Waals surface area contributed by atoms with Crippen LogP contribution in [0.3, 0.4) is 0 Å². The lowest BCUT2D eigenvalue weighted by atomic mass is 10.2. The number of rotatable bonds is 6. The highest BCUT2D eigenvalue weighted by Gasteiger charge is 2.08. The van der Waals surface area contributed by atoms with E-state index in [0.717, 1.165) is 0 Å². The van der Waals surface area contributed by atoms with Crippen molar-refractivity contribution in [2.45, 2.75) is 13.8 Å². The Labute approximate surface area is 140 Å². The third kappa shape index (κ3) is 5.39. The summed E-state index contributed by atoms with van der Waals surface area (Å²) < 4.78 is 12.8. The smallest absolute Gasteiger partial charge is 0.243 e. The Kier molecular flexibility index (Phi) is 5.89. The lowest BCUT2D eigenvalue weighted by Crippen LogP contribution is -2.22. The minimum atomic E-state index is -0.328. The topological polar surface area (TPSA) is 70.2 Å². The first-order chi connectivity index (χ1) is 11.4. The lowest BCUT2D eigenvalue weighted by Gasteiger charge is -2.11. The summed E-state index contributed by atoms with van der Waals surface area (Å²) in [6.07, 6.45) is 0. The van der Waals surface area contributed by atoms with E-state index >= 15 is 0 Å². The molecule has 2 aromatic rings. The van der Waals surface area contributed by atoms with Crippen molar-refractivity contribution in [3.05, 3.63) is 54.3 Å². The molecule has 0 atom stereocenters. The molecule has 126 valence electrons. The number of carbonyl (C=O) groups is 2. The maximum atomic E-state index is 12.8. The van der Waals surface area contributed by atoms with Crippen LogP contribution in [0.1, 0.15) is 13.8 Å². The zero-order chi connectivity index (χ0) is 17.5. The van der Waals surface area contributed by atoms with E-state index in [4.69, 9.17) is 0 Å². The Morgan fingerprint density at radius 1 is 0.958 bits per heavy atom. The van der Waals surface area contributed by atoms with Crippen LogP contribution in [0.4, 0.5) is 21.5 Å². The maximum Gasteiger partial charge on any atom is 0.243 e. The van der Waals surface area contributed by atoms with Crippen LogP contribution in [0.2, 0.25) is 0 Å². The number of nitrogens with one attached hydrogen (secondary N) is 3. The summed E-state index contributed by atoms with van der Waals surface area (Å²) in [4.78, 5) is 23.7. The van der Waals surface area contributed by atoms with E-state index in [-0.39, 0.29) is 30.1 Å². The molecule has 2 aromatic carbocycles. The third-order valence-electron chi connectivity index (χ3n) is 3.24. The summed E-state index contributed by atoms with van der Waals surface area (Å²) >= 11 is 0. The van der Waals surface area contributed by atoms with Gasteiger partial charge in [0.05, 0.1) is 6.54 Å². The number of hydrogen-bond donors (Lipinski definition) is 3. The van der Waals surface area contributed by atoms with Gasteiger partial charge >= 0.3 is 0 Å². The van der Waals surface area contributed by atoms with Gasteiger partial charge in [-0.15, -0.1) is 0 Å². The number of amides is 2. The molecule has 0 radical (unpaired) electrons. The first-order valence-electron chi connectivity index (χ1n) is 7.64. The summed E-state index contributed by atoms with van der Waals surface area (Å²) in [5, 5.41) is 8.42. The molecule has 0 aromatic heterocycles.